The molecule has 1 saturated heterocycles. The molecule has 1 aromatic rings. The zero-order valence-electron chi connectivity index (χ0n) is 12.5. The number of nitrogens with zero attached hydrogens (tertiary/aromatic N) is 2. The van der Waals surface area contributed by atoms with Gasteiger partial charge in [0.15, 0.2) is 0 Å². The molecule has 2 unspecified atom stereocenters. The van der Waals surface area contributed by atoms with E-state index in [0.717, 1.165) is 6.54 Å². The molecule has 18 heavy (non-hydrogen) atoms. The third kappa shape index (κ3) is 2.62. The minimum absolute atomic E-state index is 0.652. The summed E-state index contributed by atoms with van der Waals surface area (Å²) in [5, 5.41) is 2.45. The van der Waals surface area contributed by atoms with E-state index in [2.05, 4.69) is 55.8 Å². The Balaban J connectivity index is 2.00. The molecule has 0 aromatic carbocycles. The maximum Gasteiger partial charge on any atom is 0.0371 e. The Morgan fingerprint density at radius 3 is 2.33 bits per heavy atom. The van der Waals surface area contributed by atoms with Gasteiger partial charge in [-0.15, -0.1) is 0 Å². The SMILES string of the molecule is Cc1cc(CNN2C(C)CCCC2C)c(C)n1C. The van der Waals surface area contributed by atoms with E-state index >= 15 is 0 Å². The number of nitrogens with one attached hydrogen (secondary N) is 1. The van der Waals surface area contributed by atoms with Crippen molar-refractivity contribution in [3.05, 3.63) is 23.0 Å². The minimum atomic E-state index is 0.652. The number of hydrogen-bond donors (Lipinski definition) is 1. The van der Waals surface area contributed by atoms with Crippen LogP contribution >= 0.6 is 0 Å². The van der Waals surface area contributed by atoms with Gasteiger partial charge in [-0.2, -0.15) is 0 Å². The molecule has 0 spiro atoms. The molecule has 1 N–H and O–H groups in total. The summed E-state index contributed by atoms with van der Waals surface area (Å²) in [6, 6.07) is 3.60. The second-order valence-electron chi connectivity index (χ2n) is 5.83. The monoisotopic (exact) mass is 249 g/mol. The quantitative estimate of drug-likeness (QED) is 0.889. The molecule has 0 bridgehead atoms. The molecule has 3 heteroatoms. The maximum atomic E-state index is 3.64. The van der Waals surface area contributed by atoms with Crippen LogP contribution in [0, 0.1) is 13.8 Å². The van der Waals surface area contributed by atoms with Gasteiger partial charge in [0, 0.05) is 37.1 Å². The molecular weight excluding hydrogens is 222 g/mol. The van der Waals surface area contributed by atoms with E-state index < -0.39 is 0 Å². The maximum absolute atomic E-state index is 3.64. The van der Waals surface area contributed by atoms with Crippen LogP contribution in [0.5, 0.6) is 0 Å². The predicted octanol–water partition coefficient (Wildman–Crippen LogP) is 2.91. The molecule has 0 saturated carbocycles. The van der Waals surface area contributed by atoms with E-state index in [0.29, 0.717) is 12.1 Å². The highest BCUT2D eigenvalue weighted by Crippen LogP contribution is 2.21. The Bertz CT molecular complexity index is 398. The first-order valence-corrected chi connectivity index (χ1v) is 7.14. The summed E-state index contributed by atoms with van der Waals surface area (Å²) in [6.07, 6.45) is 3.98. The number of hydrazine groups is 1. The van der Waals surface area contributed by atoms with Crippen LogP contribution in [0.4, 0.5) is 0 Å². The summed E-state index contributed by atoms with van der Waals surface area (Å²) in [6.45, 7) is 9.97. The highest BCUT2D eigenvalue weighted by molar-refractivity contribution is 5.26. The zero-order chi connectivity index (χ0) is 13.3. The largest absolute Gasteiger partial charge is 0.352 e. The van der Waals surface area contributed by atoms with Crippen molar-refractivity contribution >= 4 is 0 Å². The van der Waals surface area contributed by atoms with Crippen LogP contribution in [0.2, 0.25) is 0 Å². The van der Waals surface area contributed by atoms with E-state index in [1.807, 2.05) is 0 Å². The van der Waals surface area contributed by atoms with Gasteiger partial charge < -0.3 is 4.57 Å². The Kier molecular flexibility index (Phi) is 4.13. The lowest BCUT2D eigenvalue weighted by atomic mass is 10.00. The standard InChI is InChI=1S/C15H27N3/c1-11-7-6-8-12(2)18(11)16-10-15-9-13(3)17(5)14(15)4/h9,11-12,16H,6-8,10H2,1-5H3. The van der Waals surface area contributed by atoms with Gasteiger partial charge in [0.25, 0.3) is 0 Å². The number of aryl methyl sites for hydroxylation is 1. The van der Waals surface area contributed by atoms with Crippen molar-refractivity contribution < 1.29 is 0 Å². The molecule has 2 atom stereocenters. The Labute approximate surface area is 111 Å². The fourth-order valence-corrected chi connectivity index (χ4v) is 3.02. The molecule has 1 fully saturated rings. The van der Waals surface area contributed by atoms with Gasteiger partial charge in [-0.3, -0.25) is 5.43 Å². The summed E-state index contributed by atoms with van der Waals surface area (Å²) in [5.41, 5.74) is 7.77. The van der Waals surface area contributed by atoms with Crippen molar-refractivity contribution in [2.24, 2.45) is 7.05 Å². The topological polar surface area (TPSA) is 20.2 Å². The molecule has 0 radical (unpaired) electrons. The molecule has 0 amide bonds. The normalized spacial score (nSPS) is 25.6. The molecule has 1 aliphatic rings. The number of rotatable bonds is 3. The van der Waals surface area contributed by atoms with Crippen LogP contribution in [0.1, 0.15) is 50.1 Å². The van der Waals surface area contributed by atoms with Crippen molar-refractivity contribution in [2.75, 3.05) is 0 Å². The highest BCUT2D eigenvalue weighted by atomic mass is 15.5. The lowest BCUT2D eigenvalue weighted by molar-refractivity contribution is 0.0435. The summed E-state index contributed by atoms with van der Waals surface area (Å²) >= 11 is 0. The number of aromatic nitrogens is 1. The third-order valence-electron chi connectivity index (χ3n) is 4.53. The van der Waals surface area contributed by atoms with Gasteiger partial charge >= 0.3 is 0 Å². The summed E-state index contributed by atoms with van der Waals surface area (Å²) in [7, 11) is 2.14. The van der Waals surface area contributed by atoms with Gasteiger partial charge in [-0.25, -0.2) is 5.01 Å². The lowest BCUT2D eigenvalue weighted by Gasteiger charge is -2.39. The van der Waals surface area contributed by atoms with E-state index in [9.17, 15) is 0 Å². The van der Waals surface area contributed by atoms with Crippen molar-refractivity contribution in [2.45, 2.75) is 65.6 Å². The van der Waals surface area contributed by atoms with Crippen LogP contribution < -0.4 is 5.43 Å². The molecule has 1 aromatic heterocycles. The molecule has 102 valence electrons. The van der Waals surface area contributed by atoms with Crippen LogP contribution in [-0.4, -0.2) is 21.7 Å². The second-order valence-corrected chi connectivity index (χ2v) is 5.83. The molecular formula is C15H27N3. The molecule has 2 heterocycles. The van der Waals surface area contributed by atoms with E-state index in [1.165, 1.54) is 36.2 Å². The average Bonchev–Trinajstić information content (AvgIpc) is 2.56. The van der Waals surface area contributed by atoms with Crippen molar-refractivity contribution in [3.8, 4) is 0 Å². The van der Waals surface area contributed by atoms with Gasteiger partial charge in [0.2, 0.25) is 0 Å². The van der Waals surface area contributed by atoms with Gasteiger partial charge in [0.1, 0.15) is 0 Å². The van der Waals surface area contributed by atoms with Crippen LogP contribution in [0.15, 0.2) is 6.07 Å². The first-order chi connectivity index (χ1) is 8.50. The fraction of sp³-hybridized carbons (Fsp3) is 0.733. The fourth-order valence-electron chi connectivity index (χ4n) is 3.02. The zero-order valence-corrected chi connectivity index (χ0v) is 12.5. The molecule has 0 aliphatic carbocycles. The second kappa shape index (κ2) is 5.45. The summed E-state index contributed by atoms with van der Waals surface area (Å²) in [5.74, 6) is 0. The molecule has 2 rings (SSSR count). The van der Waals surface area contributed by atoms with Crippen LogP contribution in [-0.2, 0) is 13.6 Å². The van der Waals surface area contributed by atoms with Crippen LogP contribution in [0.3, 0.4) is 0 Å². The molecule has 3 nitrogen and oxygen atoms in total. The Morgan fingerprint density at radius 1 is 1.22 bits per heavy atom. The van der Waals surface area contributed by atoms with Gasteiger partial charge in [-0.05, 0) is 52.2 Å². The van der Waals surface area contributed by atoms with E-state index in [1.54, 1.807) is 0 Å². The van der Waals surface area contributed by atoms with Gasteiger partial charge in [0.05, 0.1) is 0 Å². The predicted molar refractivity (Wildman–Crippen MR) is 76.3 cm³/mol. The lowest BCUT2D eigenvalue weighted by Crippen LogP contribution is -2.51. The minimum Gasteiger partial charge on any atom is -0.352 e. The smallest absolute Gasteiger partial charge is 0.0371 e. The Morgan fingerprint density at radius 2 is 1.83 bits per heavy atom. The van der Waals surface area contributed by atoms with Crippen molar-refractivity contribution in [3.63, 3.8) is 0 Å². The Hall–Kier alpha value is -0.800. The first-order valence-electron chi connectivity index (χ1n) is 7.14. The average molecular weight is 249 g/mol. The highest BCUT2D eigenvalue weighted by Gasteiger charge is 2.24. The summed E-state index contributed by atoms with van der Waals surface area (Å²) < 4.78 is 2.26. The van der Waals surface area contributed by atoms with E-state index in [4.69, 9.17) is 0 Å². The van der Waals surface area contributed by atoms with Gasteiger partial charge in [-0.1, -0.05) is 6.42 Å². The third-order valence-corrected chi connectivity index (χ3v) is 4.53. The summed E-state index contributed by atoms with van der Waals surface area (Å²) in [4.78, 5) is 0. The molecule has 1 aliphatic heterocycles. The number of hydrogen-bond acceptors (Lipinski definition) is 2. The first kappa shape index (κ1) is 13.6. The van der Waals surface area contributed by atoms with E-state index in [-0.39, 0.29) is 0 Å². The van der Waals surface area contributed by atoms with Crippen molar-refractivity contribution in [1.29, 1.82) is 0 Å². The van der Waals surface area contributed by atoms with Crippen LogP contribution in [0.25, 0.3) is 0 Å². The number of piperidine rings is 1. The van der Waals surface area contributed by atoms with Crippen molar-refractivity contribution in [1.82, 2.24) is 15.0 Å².